The van der Waals surface area contributed by atoms with Gasteiger partial charge < -0.3 is 10.6 Å². The third kappa shape index (κ3) is 3.82. The molecule has 8 nitrogen and oxygen atoms in total. The first-order valence-electron chi connectivity index (χ1n) is 10.2. The highest BCUT2D eigenvalue weighted by Crippen LogP contribution is 2.28. The Bertz CT molecular complexity index is 860. The van der Waals surface area contributed by atoms with E-state index in [0.29, 0.717) is 29.8 Å². The molecule has 1 aromatic rings. The van der Waals surface area contributed by atoms with Crippen LogP contribution >= 0.6 is 0 Å². The molecule has 0 bridgehead atoms. The average Bonchev–Trinajstić information content (AvgIpc) is 2.97. The third-order valence-electron chi connectivity index (χ3n) is 6.23. The van der Waals surface area contributed by atoms with Crippen LogP contribution in [0.25, 0.3) is 0 Å². The monoisotopic (exact) mass is 398 g/mol. The fraction of sp³-hybridized carbons (Fsp3) is 0.524. The SMILES string of the molecule is CNC1CCC(NCc2ccc3c(c2)C(=O)N(C2CCC(=O)NC2=O)C3=O)CC1. The van der Waals surface area contributed by atoms with Crippen molar-refractivity contribution in [3.8, 4) is 0 Å². The van der Waals surface area contributed by atoms with Crippen molar-refractivity contribution in [1.82, 2.24) is 20.9 Å². The first kappa shape index (κ1) is 19.7. The summed E-state index contributed by atoms with van der Waals surface area (Å²) in [6, 6.07) is 5.37. The van der Waals surface area contributed by atoms with Gasteiger partial charge in [-0.05, 0) is 56.8 Å². The zero-order chi connectivity index (χ0) is 20.5. The topological polar surface area (TPSA) is 108 Å². The Morgan fingerprint density at radius 2 is 1.66 bits per heavy atom. The Labute approximate surface area is 169 Å². The van der Waals surface area contributed by atoms with Crippen molar-refractivity contribution >= 4 is 23.6 Å². The number of hydrogen-bond acceptors (Lipinski definition) is 6. The molecule has 4 amide bonds. The molecule has 2 heterocycles. The van der Waals surface area contributed by atoms with Gasteiger partial charge in [-0.1, -0.05) is 6.07 Å². The number of carbonyl (C=O) groups excluding carboxylic acids is 4. The fourth-order valence-corrected chi connectivity index (χ4v) is 4.48. The minimum atomic E-state index is -0.927. The van der Waals surface area contributed by atoms with Crippen LogP contribution < -0.4 is 16.0 Å². The molecule has 1 aliphatic carbocycles. The molecule has 3 N–H and O–H groups in total. The maximum atomic E-state index is 12.9. The van der Waals surface area contributed by atoms with Gasteiger partial charge in [-0.25, -0.2) is 0 Å². The van der Waals surface area contributed by atoms with E-state index in [4.69, 9.17) is 0 Å². The van der Waals surface area contributed by atoms with E-state index in [0.717, 1.165) is 36.1 Å². The van der Waals surface area contributed by atoms with Gasteiger partial charge in [-0.15, -0.1) is 0 Å². The molecule has 2 aliphatic heterocycles. The molecule has 0 radical (unpaired) electrons. The molecule has 29 heavy (non-hydrogen) atoms. The highest BCUT2D eigenvalue weighted by molar-refractivity contribution is 6.23. The third-order valence-corrected chi connectivity index (χ3v) is 6.23. The van der Waals surface area contributed by atoms with Crippen LogP contribution in [-0.2, 0) is 16.1 Å². The van der Waals surface area contributed by atoms with E-state index in [-0.39, 0.29) is 18.7 Å². The first-order valence-corrected chi connectivity index (χ1v) is 10.2. The molecular formula is C21H26N4O4. The molecule has 1 saturated heterocycles. The Balaban J connectivity index is 1.43. The van der Waals surface area contributed by atoms with Crippen LogP contribution in [0.5, 0.6) is 0 Å². The van der Waals surface area contributed by atoms with Crippen molar-refractivity contribution in [3.05, 3.63) is 34.9 Å². The molecule has 1 saturated carbocycles. The molecule has 1 unspecified atom stereocenters. The largest absolute Gasteiger partial charge is 0.317 e. The molecule has 1 aromatic carbocycles. The molecule has 1 atom stereocenters. The Morgan fingerprint density at radius 1 is 0.966 bits per heavy atom. The van der Waals surface area contributed by atoms with E-state index in [1.54, 1.807) is 12.1 Å². The lowest BCUT2D eigenvalue weighted by Crippen LogP contribution is -2.54. The van der Waals surface area contributed by atoms with Gasteiger partial charge in [0.15, 0.2) is 0 Å². The molecule has 8 heteroatoms. The summed E-state index contributed by atoms with van der Waals surface area (Å²) in [5, 5.41) is 9.08. The maximum absolute atomic E-state index is 12.9. The fourth-order valence-electron chi connectivity index (χ4n) is 4.48. The second-order valence-electron chi connectivity index (χ2n) is 8.05. The number of piperidine rings is 1. The van der Waals surface area contributed by atoms with Gasteiger partial charge in [0, 0.05) is 25.0 Å². The lowest BCUT2D eigenvalue weighted by atomic mass is 9.91. The summed E-state index contributed by atoms with van der Waals surface area (Å²) in [5.41, 5.74) is 1.58. The van der Waals surface area contributed by atoms with Gasteiger partial charge in [-0.2, -0.15) is 0 Å². The molecular weight excluding hydrogens is 372 g/mol. The molecule has 3 aliphatic rings. The second kappa shape index (κ2) is 8.04. The molecule has 154 valence electrons. The van der Waals surface area contributed by atoms with E-state index < -0.39 is 23.8 Å². The number of nitrogens with zero attached hydrogens (tertiary/aromatic N) is 1. The highest BCUT2D eigenvalue weighted by atomic mass is 16.2. The quantitative estimate of drug-likeness (QED) is 0.631. The predicted octanol–water partition coefficient (Wildman–Crippen LogP) is 0.708. The smallest absolute Gasteiger partial charge is 0.262 e. The van der Waals surface area contributed by atoms with E-state index in [9.17, 15) is 19.2 Å². The van der Waals surface area contributed by atoms with Crippen molar-refractivity contribution < 1.29 is 19.2 Å². The van der Waals surface area contributed by atoms with Gasteiger partial charge in [0.2, 0.25) is 11.8 Å². The van der Waals surface area contributed by atoms with Crippen LogP contribution in [0.3, 0.4) is 0 Å². The number of imide groups is 2. The van der Waals surface area contributed by atoms with Gasteiger partial charge in [0.05, 0.1) is 11.1 Å². The Hall–Kier alpha value is -2.58. The van der Waals surface area contributed by atoms with Crippen molar-refractivity contribution in [1.29, 1.82) is 0 Å². The maximum Gasteiger partial charge on any atom is 0.262 e. The molecule has 4 rings (SSSR count). The van der Waals surface area contributed by atoms with Crippen LogP contribution in [0.4, 0.5) is 0 Å². The summed E-state index contributed by atoms with van der Waals surface area (Å²) in [4.78, 5) is 50.1. The predicted molar refractivity (Wildman–Crippen MR) is 105 cm³/mol. The van der Waals surface area contributed by atoms with Gasteiger partial charge in [-0.3, -0.25) is 29.4 Å². The van der Waals surface area contributed by atoms with Crippen LogP contribution in [-0.4, -0.2) is 53.7 Å². The molecule has 0 spiro atoms. The van der Waals surface area contributed by atoms with Crippen LogP contribution in [0.2, 0.25) is 0 Å². The zero-order valence-electron chi connectivity index (χ0n) is 16.5. The number of fused-ring (bicyclic) bond motifs is 1. The van der Waals surface area contributed by atoms with Gasteiger partial charge in [0.1, 0.15) is 6.04 Å². The lowest BCUT2D eigenvalue weighted by molar-refractivity contribution is -0.136. The minimum Gasteiger partial charge on any atom is -0.317 e. The summed E-state index contributed by atoms with van der Waals surface area (Å²) < 4.78 is 0. The average molecular weight is 398 g/mol. The zero-order valence-corrected chi connectivity index (χ0v) is 16.5. The second-order valence-corrected chi connectivity index (χ2v) is 8.05. The Kier molecular flexibility index (Phi) is 5.47. The van der Waals surface area contributed by atoms with Crippen molar-refractivity contribution in [3.63, 3.8) is 0 Å². The highest BCUT2D eigenvalue weighted by Gasteiger charge is 2.44. The number of carbonyl (C=O) groups is 4. The summed E-state index contributed by atoms with van der Waals surface area (Å²) in [5.74, 6) is -1.89. The van der Waals surface area contributed by atoms with E-state index in [2.05, 4.69) is 16.0 Å². The molecule has 0 aromatic heterocycles. The summed E-state index contributed by atoms with van der Waals surface area (Å²) >= 11 is 0. The minimum absolute atomic E-state index is 0.120. The van der Waals surface area contributed by atoms with Crippen LogP contribution in [0, 0.1) is 0 Å². The van der Waals surface area contributed by atoms with Gasteiger partial charge in [0.25, 0.3) is 11.8 Å². The van der Waals surface area contributed by atoms with E-state index in [1.807, 2.05) is 13.1 Å². The summed E-state index contributed by atoms with van der Waals surface area (Å²) in [6.07, 6.45) is 4.79. The number of nitrogens with one attached hydrogen (secondary N) is 3. The number of hydrogen-bond donors (Lipinski definition) is 3. The Morgan fingerprint density at radius 3 is 2.34 bits per heavy atom. The van der Waals surface area contributed by atoms with Crippen molar-refractivity contribution in [2.24, 2.45) is 0 Å². The van der Waals surface area contributed by atoms with E-state index >= 15 is 0 Å². The van der Waals surface area contributed by atoms with Crippen molar-refractivity contribution in [2.75, 3.05) is 7.05 Å². The van der Waals surface area contributed by atoms with Crippen molar-refractivity contribution in [2.45, 2.75) is 63.2 Å². The summed E-state index contributed by atoms with van der Waals surface area (Å²) in [7, 11) is 2.00. The standard InChI is InChI=1S/C21H26N4O4/c1-22-13-3-5-14(6-4-13)23-11-12-2-7-15-16(10-12)21(29)25(20(15)28)17-8-9-18(26)24-19(17)27/h2,7,10,13-14,17,22-23H,3-6,8-9,11H2,1H3,(H,24,26,27). The number of benzene rings is 1. The summed E-state index contributed by atoms with van der Waals surface area (Å²) in [6.45, 7) is 0.627. The van der Waals surface area contributed by atoms with Gasteiger partial charge >= 0.3 is 0 Å². The molecule has 2 fully saturated rings. The normalized spacial score (nSPS) is 27.2. The number of amides is 4. The number of rotatable bonds is 5. The lowest BCUT2D eigenvalue weighted by Gasteiger charge is -2.29. The first-order chi connectivity index (χ1) is 14.0. The van der Waals surface area contributed by atoms with Crippen LogP contribution in [0.1, 0.15) is 64.8 Å². The van der Waals surface area contributed by atoms with E-state index in [1.165, 1.54) is 0 Å². The van der Waals surface area contributed by atoms with Crippen LogP contribution in [0.15, 0.2) is 18.2 Å².